The van der Waals surface area contributed by atoms with Crippen molar-refractivity contribution in [2.45, 2.75) is 38.6 Å². The van der Waals surface area contributed by atoms with E-state index in [4.69, 9.17) is 4.98 Å². The van der Waals surface area contributed by atoms with Gasteiger partial charge in [-0.2, -0.15) is 5.10 Å². The molecule has 1 N–H and O–H groups in total. The molecule has 0 spiro atoms. The van der Waals surface area contributed by atoms with Gasteiger partial charge in [0.25, 0.3) is 5.91 Å². The normalized spacial score (nSPS) is 14.0. The summed E-state index contributed by atoms with van der Waals surface area (Å²) in [5.41, 5.74) is 4.61. The summed E-state index contributed by atoms with van der Waals surface area (Å²) in [7, 11) is 1.78. The molecule has 1 aromatic carbocycles. The zero-order valence-corrected chi connectivity index (χ0v) is 15.6. The molecule has 0 radical (unpaired) electrons. The fraction of sp³-hybridized carbons (Fsp3) is 0.333. The SMILES string of the molecule is Cc1cc(C2CCC2)nc(-c2ccc(C(=O)N(C)Cc3ccn[nH]3)cc2)n1. The van der Waals surface area contributed by atoms with Crippen molar-refractivity contribution in [1.82, 2.24) is 25.1 Å². The molecule has 1 amide bonds. The van der Waals surface area contributed by atoms with E-state index in [2.05, 4.69) is 21.2 Å². The van der Waals surface area contributed by atoms with Crippen molar-refractivity contribution in [3.8, 4) is 11.4 Å². The molecule has 0 aliphatic heterocycles. The van der Waals surface area contributed by atoms with Crippen LogP contribution in [0, 0.1) is 6.92 Å². The van der Waals surface area contributed by atoms with Crippen LogP contribution in [0.4, 0.5) is 0 Å². The molecular weight excluding hydrogens is 338 g/mol. The third kappa shape index (κ3) is 3.74. The Morgan fingerprint density at radius 2 is 1.96 bits per heavy atom. The van der Waals surface area contributed by atoms with Gasteiger partial charge >= 0.3 is 0 Å². The minimum absolute atomic E-state index is 0.0310. The molecule has 6 nitrogen and oxygen atoms in total. The van der Waals surface area contributed by atoms with Gasteiger partial charge in [0.1, 0.15) is 0 Å². The van der Waals surface area contributed by atoms with E-state index in [-0.39, 0.29) is 5.91 Å². The summed E-state index contributed by atoms with van der Waals surface area (Å²) in [6.45, 7) is 2.50. The number of hydrogen-bond donors (Lipinski definition) is 1. The lowest BCUT2D eigenvalue weighted by atomic mass is 9.82. The van der Waals surface area contributed by atoms with Crippen molar-refractivity contribution >= 4 is 5.91 Å². The summed E-state index contributed by atoms with van der Waals surface area (Å²) < 4.78 is 0. The third-order valence-corrected chi connectivity index (χ3v) is 5.10. The molecule has 1 fully saturated rings. The van der Waals surface area contributed by atoms with Crippen molar-refractivity contribution in [2.75, 3.05) is 7.05 Å². The van der Waals surface area contributed by atoms with E-state index in [0.29, 0.717) is 18.0 Å². The Kier molecular flexibility index (Phi) is 4.71. The van der Waals surface area contributed by atoms with Gasteiger partial charge in [-0.15, -0.1) is 0 Å². The predicted octanol–water partition coefficient (Wildman–Crippen LogP) is 3.71. The number of amides is 1. The van der Waals surface area contributed by atoms with Crippen molar-refractivity contribution in [3.63, 3.8) is 0 Å². The second kappa shape index (κ2) is 7.31. The highest BCUT2D eigenvalue weighted by Crippen LogP contribution is 2.36. The molecule has 1 saturated carbocycles. The summed E-state index contributed by atoms with van der Waals surface area (Å²) in [6, 6.07) is 11.5. The maximum absolute atomic E-state index is 12.6. The van der Waals surface area contributed by atoms with Gasteiger partial charge < -0.3 is 4.90 Å². The number of nitrogens with one attached hydrogen (secondary N) is 1. The maximum atomic E-state index is 12.6. The first-order chi connectivity index (χ1) is 13.1. The minimum atomic E-state index is -0.0310. The Morgan fingerprint density at radius 3 is 2.59 bits per heavy atom. The van der Waals surface area contributed by atoms with Crippen LogP contribution in [-0.4, -0.2) is 38.0 Å². The molecule has 4 rings (SSSR count). The molecule has 0 atom stereocenters. The van der Waals surface area contributed by atoms with Gasteiger partial charge in [-0.3, -0.25) is 9.89 Å². The number of aromatic nitrogens is 4. The van der Waals surface area contributed by atoms with Gasteiger partial charge in [-0.05, 0) is 44.0 Å². The fourth-order valence-electron chi connectivity index (χ4n) is 3.32. The van der Waals surface area contributed by atoms with Crippen LogP contribution in [0.2, 0.25) is 0 Å². The summed E-state index contributed by atoms with van der Waals surface area (Å²) in [5.74, 6) is 1.28. The number of benzene rings is 1. The minimum Gasteiger partial charge on any atom is -0.336 e. The number of carbonyl (C=O) groups excluding carboxylic acids is 1. The zero-order chi connectivity index (χ0) is 18.8. The number of aromatic amines is 1. The second-order valence-electron chi connectivity index (χ2n) is 7.21. The van der Waals surface area contributed by atoms with E-state index in [1.807, 2.05) is 37.3 Å². The molecule has 0 unspecified atom stereocenters. The van der Waals surface area contributed by atoms with Crippen molar-refractivity contribution in [2.24, 2.45) is 0 Å². The molecule has 138 valence electrons. The smallest absolute Gasteiger partial charge is 0.253 e. The van der Waals surface area contributed by atoms with E-state index in [9.17, 15) is 4.79 Å². The summed E-state index contributed by atoms with van der Waals surface area (Å²) in [4.78, 5) is 23.6. The molecule has 2 heterocycles. The topological polar surface area (TPSA) is 74.8 Å². The molecule has 0 saturated heterocycles. The Labute approximate surface area is 158 Å². The van der Waals surface area contributed by atoms with Gasteiger partial charge in [0.15, 0.2) is 5.82 Å². The molecule has 1 aliphatic rings. The summed E-state index contributed by atoms with van der Waals surface area (Å²) in [5, 5.41) is 6.79. The lowest BCUT2D eigenvalue weighted by Gasteiger charge is -2.25. The summed E-state index contributed by atoms with van der Waals surface area (Å²) in [6.07, 6.45) is 5.39. The van der Waals surface area contributed by atoms with E-state index in [1.165, 1.54) is 19.3 Å². The first-order valence-electron chi connectivity index (χ1n) is 9.30. The van der Waals surface area contributed by atoms with E-state index < -0.39 is 0 Å². The zero-order valence-electron chi connectivity index (χ0n) is 15.6. The number of nitrogens with zero attached hydrogens (tertiary/aromatic N) is 4. The summed E-state index contributed by atoms with van der Waals surface area (Å²) >= 11 is 0. The van der Waals surface area contributed by atoms with Crippen LogP contribution in [0.15, 0.2) is 42.6 Å². The molecular formula is C21H23N5O. The monoisotopic (exact) mass is 361 g/mol. The third-order valence-electron chi connectivity index (χ3n) is 5.10. The number of H-pyrrole nitrogens is 1. The van der Waals surface area contributed by atoms with Crippen LogP contribution in [0.5, 0.6) is 0 Å². The van der Waals surface area contributed by atoms with Gasteiger partial charge in [0.2, 0.25) is 0 Å². The molecule has 3 aromatic rings. The predicted molar refractivity (Wildman–Crippen MR) is 103 cm³/mol. The Morgan fingerprint density at radius 1 is 1.19 bits per heavy atom. The fourth-order valence-corrected chi connectivity index (χ4v) is 3.32. The second-order valence-corrected chi connectivity index (χ2v) is 7.21. The van der Waals surface area contributed by atoms with Crippen molar-refractivity contribution in [3.05, 3.63) is 65.2 Å². The Bertz CT molecular complexity index is 930. The average Bonchev–Trinajstić information content (AvgIpc) is 3.12. The first-order valence-corrected chi connectivity index (χ1v) is 9.30. The van der Waals surface area contributed by atoms with Crippen molar-refractivity contribution in [1.29, 1.82) is 0 Å². The number of rotatable bonds is 5. The van der Waals surface area contributed by atoms with Crippen LogP contribution < -0.4 is 0 Å². The van der Waals surface area contributed by atoms with Crippen LogP contribution in [0.3, 0.4) is 0 Å². The highest BCUT2D eigenvalue weighted by molar-refractivity contribution is 5.94. The quantitative estimate of drug-likeness (QED) is 0.752. The van der Waals surface area contributed by atoms with Gasteiger partial charge in [0, 0.05) is 41.7 Å². The van der Waals surface area contributed by atoms with Gasteiger partial charge in [0.05, 0.1) is 12.2 Å². The Balaban J connectivity index is 1.52. The highest BCUT2D eigenvalue weighted by Gasteiger charge is 2.22. The molecule has 2 aromatic heterocycles. The molecule has 1 aliphatic carbocycles. The lowest BCUT2D eigenvalue weighted by molar-refractivity contribution is 0.0783. The lowest BCUT2D eigenvalue weighted by Crippen LogP contribution is -2.26. The van der Waals surface area contributed by atoms with E-state index in [0.717, 1.165) is 28.5 Å². The highest BCUT2D eigenvalue weighted by atomic mass is 16.2. The number of hydrogen-bond acceptors (Lipinski definition) is 4. The van der Waals surface area contributed by atoms with Crippen LogP contribution in [0.1, 0.15) is 52.6 Å². The molecule has 6 heteroatoms. The largest absolute Gasteiger partial charge is 0.336 e. The molecule has 27 heavy (non-hydrogen) atoms. The number of aryl methyl sites for hydroxylation is 1. The number of carbonyl (C=O) groups is 1. The van der Waals surface area contributed by atoms with Crippen LogP contribution in [0.25, 0.3) is 11.4 Å². The van der Waals surface area contributed by atoms with E-state index in [1.54, 1.807) is 18.1 Å². The van der Waals surface area contributed by atoms with Crippen LogP contribution in [-0.2, 0) is 6.54 Å². The Hall–Kier alpha value is -3.02. The maximum Gasteiger partial charge on any atom is 0.253 e. The first kappa shape index (κ1) is 17.4. The van der Waals surface area contributed by atoms with Gasteiger partial charge in [-0.1, -0.05) is 18.6 Å². The average molecular weight is 361 g/mol. The van der Waals surface area contributed by atoms with E-state index >= 15 is 0 Å². The standard InChI is InChI=1S/C21H23N5O/c1-14-12-19(15-4-3-5-15)24-20(23-14)16-6-8-17(9-7-16)21(27)26(2)13-18-10-11-22-25-18/h6-12,15H,3-5,13H2,1-2H3,(H,22,25). The van der Waals surface area contributed by atoms with Crippen LogP contribution >= 0.6 is 0 Å². The van der Waals surface area contributed by atoms with Crippen molar-refractivity contribution < 1.29 is 4.79 Å². The molecule has 0 bridgehead atoms. The van der Waals surface area contributed by atoms with Gasteiger partial charge in [-0.25, -0.2) is 9.97 Å².